The van der Waals surface area contributed by atoms with Crippen molar-refractivity contribution in [3.8, 4) is 0 Å². The fourth-order valence-corrected chi connectivity index (χ4v) is 6.77. The van der Waals surface area contributed by atoms with Crippen LogP contribution >= 0.6 is 23.1 Å². The normalized spacial score (nSPS) is 18.5. The van der Waals surface area contributed by atoms with Crippen molar-refractivity contribution in [2.75, 3.05) is 45.0 Å². The fourth-order valence-electron chi connectivity index (χ4n) is 5.05. The third kappa shape index (κ3) is 5.82. The first-order chi connectivity index (χ1) is 17.6. The van der Waals surface area contributed by atoms with Crippen LogP contribution in [0.3, 0.4) is 0 Å². The van der Waals surface area contributed by atoms with Gasteiger partial charge < -0.3 is 9.80 Å². The summed E-state index contributed by atoms with van der Waals surface area (Å²) in [6.45, 7) is 3.47. The average Bonchev–Trinajstić information content (AvgIpc) is 3.23. The molecule has 5 rings (SSSR count). The minimum absolute atomic E-state index is 0.0723. The van der Waals surface area contributed by atoms with Crippen LogP contribution in [0.2, 0.25) is 0 Å². The molecule has 1 fully saturated rings. The van der Waals surface area contributed by atoms with Crippen LogP contribution in [0.15, 0.2) is 70.9 Å². The van der Waals surface area contributed by atoms with Gasteiger partial charge in [0.05, 0.1) is 18.3 Å². The molecule has 5 nitrogen and oxygen atoms in total. The summed E-state index contributed by atoms with van der Waals surface area (Å²) in [6.07, 6.45) is 1.67. The quantitative estimate of drug-likeness (QED) is 0.440. The summed E-state index contributed by atoms with van der Waals surface area (Å²) in [7, 11) is 0. The van der Waals surface area contributed by atoms with Gasteiger partial charge in [0.2, 0.25) is 11.8 Å². The van der Waals surface area contributed by atoms with Crippen LogP contribution in [0.4, 0.5) is 4.39 Å². The second-order valence-corrected chi connectivity index (χ2v) is 11.2. The van der Waals surface area contributed by atoms with Crippen molar-refractivity contribution in [1.82, 2.24) is 14.7 Å². The Balaban J connectivity index is 1.21. The number of thioether (sulfide) groups is 1. The Morgan fingerprint density at radius 1 is 0.917 bits per heavy atom. The van der Waals surface area contributed by atoms with Crippen LogP contribution in [0.5, 0.6) is 0 Å². The molecule has 0 saturated carbocycles. The molecule has 2 amide bonds. The zero-order valence-corrected chi connectivity index (χ0v) is 21.8. The maximum Gasteiger partial charge on any atom is 0.236 e. The van der Waals surface area contributed by atoms with E-state index in [2.05, 4.69) is 16.3 Å². The van der Waals surface area contributed by atoms with Gasteiger partial charge in [0, 0.05) is 42.5 Å². The first-order valence-corrected chi connectivity index (χ1v) is 14.2. The highest BCUT2D eigenvalue weighted by molar-refractivity contribution is 8.00. The van der Waals surface area contributed by atoms with Crippen molar-refractivity contribution in [3.63, 3.8) is 0 Å². The standard InChI is InChI=1S/C28H30FN3O2S2/c29-22-7-4-6-21(18-22)28-24-11-17-35-25(24)10-14-32(28)19-26(33)30-12-5-13-31(16-15-30)27(34)20-36-23-8-2-1-3-9-23/h1-4,6-9,11,17-18,28H,5,10,12-16,19-20H2. The van der Waals surface area contributed by atoms with Crippen LogP contribution in [-0.4, -0.2) is 71.5 Å². The lowest BCUT2D eigenvalue weighted by atomic mass is 9.93. The number of carbonyl (C=O) groups is 2. The van der Waals surface area contributed by atoms with Crippen LogP contribution in [0, 0.1) is 5.82 Å². The lowest BCUT2D eigenvalue weighted by Gasteiger charge is -2.37. The van der Waals surface area contributed by atoms with Crippen LogP contribution < -0.4 is 0 Å². The van der Waals surface area contributed by atoms with E-state index in [9.17, 15) is 14.0 Å². The van der Waals surface area contributed by atoms with E-state index >= 15 is 0 Å². The highest BCUT2D eigenvalue weighted by Crippen LogP contribution is 2.37. The molecule has 0 bridgehead atoms. The van der Waals surface area contributed by atoms with E-state index in [-0.39, 0.29) is 30.2 Å². The molecule has 1 unspecified atom stereocenters. The number of carbonyl (C=O) groups excluding carboxylic acids is 2. The molecule has 188 valence electrons. The molecule has 0 spiro atoms. The van der Waals surface area contributed by atoms with Gasteiger partial charge >= 0.3 is 0 Å². The number of amides is 2. The number of nitrogens with zero attached hydrogens (tertiary/aromatic N) is 3. The number of hydrogen-bond donors (Lipinski definition) is 0. The summed E-state index contributed by atoms with van der Waals surface area (Å²) in [5.74, 6) is 0.335. The largest absolute Gasteiger partial charge is 0.340 e. The van der Waals surface area contributed by atoms with Gasteiger partial charge in [-0.2, -0.15) is 0 Å². The molecular formula is C28H30FN3O2S2. The minimum Gasteiger partial charge on any atom is -0.340 e. The Hall–Kier alpha value is -2.68. The minimum atomic E-state index is -0.260. The van der Waals surface area contributed by atoms with Crippen molar-refractivity contribution in [2.45, 2.75) is 23.8 Å². The maximum atomic E-state index is 14.1. The molecule has 0 radical (unpaired) electrons. The van der Waals surface area contributed by atoms with Crippen molar-refractivity contribution in [2.24, 2.45) is 0 Å². The molecule has 3 aromatic rings. The van der Waals surface area contributed by atoms with Crippen LogP contribution in [0.1, 0.15) is 28.5 Å². The monoisotopic (exact) mass is 523 g/mol. The molecule has 36 heavy (non-hydrogen) atoms. The number of fused-ring (bicyclic) bond motifs is 1. The topological polar surface area (TPSA) is 43.9 Å². The van der Waals surface area contributed by atoms with Gasteiger partial charge in [0.1, 0.15) is 5.82 Å². The zero-order chi connectivity index (χ0) is 24.9. The molecule has 2 aliphatic heterocycles. The van der Waals surface area contributed by atoms with E-state index in [1.807, 2.05) is 46.2 Å². The highest BCUT2D eigenvalue weighted by atomic mass is 32.2. The van der Waals surface area contributed by atoms with Gasteiger partial charge in [-0.3, -0.25) is 14.5 Å². The van der Waals surface area contributed by atoms with E-state index < -0.39 is 0 Å². The second-order valence-electron chi connectivity index (χ2n) is 9.19. The first kappa shape index (κ1) is 25.0. The van der Waals surface area contributed by atoms with Gasteiger partial charge in [-0.05, 0) is 59.7 Å². The van der Waals surface area contributed by atoms with Gasteiger partial charge in [-0.25, -0.2) is 4.39 Å². The Morgan fingerprint density at radius 3 is 2.47 bits per heavy atom. The van der Waals surface area contributed by atoms with Gasteiger partial charge in [0.15, 0.2) is 0 Å². The summed E-state index contributed by atoms with van der Waals surface area (Å²) >= 11 is 3.28. The Kier molecular flexibility index (Phi) is 8.04. The maximum absolute atomic E-state index is 14.1. The van der Waals surface area contributed by atoms with Crippen LogP contribution in [0.25, 0.3) is 0 Å². The predicted octanol–water partition coefficient (Wildman–Crippen LogP) is 4.69. The van der Waals surface area contributed by atoms with E-state index in [1.165, 1.54) is 16.5 Å². The SMILES string of the molecule is O=C(CSc1ccccc1)N1CCCN(C(=O)CN2CCc3sccc3C2c2cccc(F)c2)CC1. The smallest absolute Gasteiger partial charge is 0.236 e. The number of benzene rings is 2. The number of rotatable bonds is 6. The van der Waals surface area contributed by atoms with Gasteiger partial charge in [0.25, 0.3) is 0 Å². The number of thiophene rings is 1. The van der Waals surface area contributed by atoms with E-state index in [0.717, 1.165) is 29.8 Å². The Bertz CT molecular complexity index is 1200. The van der Waals surface area contributed by atoms with Crippen molar-refractivity contribution in [1.29, 1.82) is 0 Å². The molecule has 0 aliphatic carbocycles. The number of halogens is 1. The lowest BCUT2D eigenvalue weighted by Crippen LogP contribution is -2.45. The zero-order valence-electron chi connectivity index (χ0n) is 20.1. The summed E-state index contributed by atoms with van der Waals surface area (Å²) in [6, 6.07) is 18.6. The Labute approximate surface area is 219 Å². The van der Waals surface area contributed by atoms with Gasteiger partial charge in [-0.1, -0.05) is 30.3 Å². The molecule has 2 aliphatic rings. The molecule has 3 heterocycles. The molecule has 1 saturated heterocycles. The Morgan fingerprint density at radius 2 is 1.69 bits per heavy atom. The third-order valence-electron chi connectivity index (χ3n) is 6.88. The van der Waals surface area contributed by atoms with Gasteiger partial charge in [-0.15, -0.1) is 23.1 Å². The average molecular weight is 524 g/mol. The third-order valence-corrected chi connectivity index (χ3v) is 8.87. The van der Waals surface area contributed by atoms with Crippen LogP contribution in [-0.2, 0) is 16.0 Å². The lowest BCUT2D eigenvalue weighted by molar-refractivity contribution is -0.133. The van der Waals surface area contributed by atoms with E-state index in [4.69, 9.17) is 0 Å². The summed E-state index contributed by atoms with van der Waals surface area (Å²) in [5, 5.41) is 2.08. The van der Waals surface area contributed by atoms with Crippen molar-refractivity contribution >= 4 is 34.9 Å². The molecule has 1 atom stereocenters. The van der Waals surface area contributed by atoms with E-state index in [0.29, 0.717) is 31.9 Å². The molecule has 0 N–H and O–H groups in total. The van der Waals surface area contributed by atoms with E-state index in [1.54, 1.807) is 35.2 Å². The summed E-state index contributed by atoms with van der Waals surface area (Å²) in [4.78, 5) is 34.6. The molecule has 8 heteroatoms. The molecule has 1 aromatic heterocycles. The summed E-state index contributed by atoms with van der Waals surface area (Å²) in [5.41, 5.74) is 2.05. The summed E-state index contributed by atoms with van der Waals surface area (Å²) < 4.78 is 14.1. The second kappa shape index (κ2) is 11.6. The first-order valence-electron chi connectivity index (χ1n) is 12.4. The molecule has 2 aromatic carbocycles. The van der Waals surface area contributed by atoms with Crippen molar-refractivity contribution < 1.29 is 14.0 Å². The molecular weight excluding hydrogens is 493 g/mol. The van der Waals surface area contributed by atoms with Crippen molar-refractivity contribution in [3.05, 3.63) is 87.9 Å². The predicted molar refractivity (Wildman–Crippen MR) is 143 cm³/mol. The number of hydrogen-bond acceptors (Lipinski definition) is 5. The highest BCUT2D eigenvalue weighted by Gasteiger charge is 2.32. The fraction of sp³-hybridized carbons (Fsp3) is 0.357.